The zero-order valence-electron chi connectivity index (χ0n) is 13.1. The summed E-state index contributed by atoms with van der Waals surface area (Å²) in [5.41, 5.74) is 4.16. The van der Waals surface area contributed by atoms with Crippen molar-refractivity contribution in [2.75, 3.05) is 0 Å². The van der Waals surface area contributed by atoms with Crippen LogP contribution in [-0.4, -0.2) is 16.0 Å². The van der Waals surface area contributed by atoms with Crippen LogP contribution < -0.4 is 5.73 Å². The van der Waals surface area contributed by atoms with Crippen LogP contribution in [0, 0.1) is 21.4 Å². The second kappa shape index (κ2) is 6.04. The van der Waals surface area contributed by atoms with Crippen LogP contribution in [0.5, 0.6) is 0 Å². The van der Waals surface area contributed by atoms with E-state index in [0.29, 0.717) is 0 Å². The van der Waals surface area contributed by atoms with Crippen LogP contribution in [0.1, 0.15) is 25.8 Å². The molecule has 0 aliphatic carbocycles. The second-order valence-corrected chi connectivity index (χ2v) is 5.34. The number of benzene rings is 1. The number of hydrogen-bond donors (Lipinski definition) is 2. The van der Waals surface area contributed by atoms with E-state index in [1.165, 1.54) is 31.2 Å². The van der Waals surface area contributed by atoms with Crippen molar-refractivity contribution in [1.82, 2.24) is 0 Å². The van der Waals surface area contributed by atoms with E-state index < -0.39 is 16.3 Å². The van der Waals surface area contributed by atoms with Gasteiger partial charge >= 0.3 is 5.97 Å². The number of non-ortho nitro benzene ring substituents is 1. The highest BCUT2D eigenvalue weighted by Crippen LogP contribution is 2.46. The summed E-state index contributed by atoms with van der Waals surface area (Å²) in [7, 11) is 0. The van der Waals surface area contributed by atoms with Crippen molar-refractivity contribution in [3.05, 3.63) is 62.7 Å². The van der Waals surface area contributed by atoms with Crippen LogP contribution in [0.15, 0.2) is 47.1 Å². The summed E-state index contributed by atoms with van der Waals surface area (Å²) in [6, 6.07) is 7.38. The third-order valence-electron chi connectivity index (χ3n) is 4.04. The van der Waals surface area contributed by atoms with Gasteiger partial charge in [-0.1, -0.05) is 19.1 Å². The normalized spacial score (nSPS) is 20.4. The van der Waals surface area contributed by atoms with Crippen molar-refractivity contribution in [3.8, 4) is 6.07 Å². The smallest absolute Gasteiger partial charge is 0.336 e. The van der Waals surface area contributed by atoms with Crippen LogP contribution in [0.25, 0.3) is 0 Å². The molecule has 0 spiro atoms. The van der Waals surface area contributed by atoms with E-state index in [0.717, 1.165) is 0 Å². The minimum atomic E-state index is -1.46. The zero-order valence-corrected chi connectivity index (χ0v) is 13.1. The number of aliphatic carboxylic acids is 1. The van der Waals surface area contributed by atoms with Gasteiger partial charge in [0.15, 0.2) is 0 Å². The first-order valence-corrected chi connectivity index (χ1v) is 7.07. The Balaban J connectivity index is 2.85. The lowest BCUT2D eigenvalue weighted by Gasteiger charge is -2.35. The van der Waals surface area contributed by atoms with Crippen molar-refractivity contribution in [1.29, 1.82) is 5.26 Å². The zero-order chi connectivity index (χ0) is 18.1. The number of nitriles is 1. The standard InChI is InChI=1S/C16H15N3O5/c1-3-12-13(15(20)21)16(2,11(8-17)14(18)24-12)9-5-4-6-10(7-9)19(22)23/h4-7H,3,18H2,1-2H3,(H,20,21). The number of ether oxygens (including phenoxy) is 1. The first kappa shape index (κ1) is 17.0. The minimum Gasteiger partial charge on any atom is -0.478 e. The summed E-state index contributed by atoms with van der Waals surface area (Å²) in [4.78, 5) is 22.3. The molecule has 1 atom stereocenters. The van der Waals surface area contributed by atoms with Crippen molar-refractivity contribution < 1.29 is 19.6 Å². The van der Waals surface area contributed by atoms with E-state index in [1.807, 2.05) is 6.07 Å². The van der Waals surface area contributed by atoms with Crippen LogP contribution in [-0.2, 0) is 14.9 Å². The second-order valence-electron chi connectivity index (χ2n) is 5.34. The fourth-order valence-electron chi connectivity index (χ4n) is 2.85. The number of nitro benzene ring substituents is 1. The number of hydrogen-bond acceptors (Lipinski definition) is 6. The van der Waals surface area contributed by atoms with Crippen LogP contribution in [0.4, 0.5) is 5.69 Å². The molecule has 24 heavy (non-hydrogen) atoms. The van der Waals surface area contributed by atoms with Gasteiger partial charge in [-0.2, -0.15) is 5.26 Å². The summed E-state index contributed by atoms with van der Waals surface area (Å²) >= 11 is 0. The van der Waals surface area contributed by atoms with Gasteiger partial charge in [0.05, 0.1) is 15.9 Å². The molecule has 1 aromatic carbocycles. The number of carbonyl (C=O) groups is 1. The molecule has 0 amide bonds. The molecule has 0 fully saturated rings. The first-order chi connectivity index (χ1) is 11.3. The highest BCUT2D eigenvalue weighted by molar-refractivity contribution is 5.92. The fraction of sp³-hybridized carbons (Fsp3) is 0.250. The molecule has 0 saturated carbocycles. The third-order valence-corrected chi connectivity index (χ3v) is 4.04. The number of carboxylic acids is 1. The monoisotopic (exact) mass is 329 g/mol. The molecule has 1 aliphatic heterocycles. The molecule has 3 N–H and O–H groups in total. The van der Waals surface area contributed by atoms with Crippen LogP contribution in [0.2, 0.25) is 0 Å². The highest BCUT2D eigenvalue weighted by Gasteiger charge is 2.47. The molecular formula is C16H15N3O5. The van der Waals surface area contributed by atoms with E-state index >= 15 is 0 Å². The number of carboxylic acid groups (broad SMARTS) is 1. The Morgan fingerprint density at radius 2 is 2.21 bits per heavy atom. The number of nitrogens with zero attached hydrogens (tertiary/aromatic N) is 2. The Morgan fingerprint density at radius 3 is 2.71 bits per heavy atom. The molecule has 0 bridgehead atoms. The lowest BCUT2D eigenvalue weighted by atomic mass is 9.69. The van der Waals surface area contributed by atoms with E-state index in [4.69, 9.17) is 10.5 Å². The average Bonchev–Trinajstić information content (AvgIpc) is 2.54. The first-order valence-electron chi connectivity index (χ1n) is 7.07. The fourth-order valence-corrected chi connectivity index (χ4v) is 2.85. The largest absolute Gasteiger partial charge is 0.478 e. The van der Waals surface area contributed by atoms with E-state index in [2.05, 4.69) is 0 Å². The lowest BCUT2D eigenvalue weighted by Crippen LogP contribution is -2.38. The van der Waals surface area contributed by atoms with Gasteiger partial charge < -0.3 is 15.6 Å². The maximum absolute atomic E-state index is 11.9. The van der Waals surface area contributed by atoms with Gasteiger partial charge in [0, 0.05) is 18.6 Å². The van der Waals surface area contributed by atoms with E-state index in [-0.39, 0.29) is 40.5 Å². The van der Waals surface area contributed by atoms with E-state index in [9.17, 15) is 25.3 Å². The third kappa shape index (κ3) is 2.46. The van der Waals surface area contributed by atoms with Gasteiger partial charge in [-0.15, -0.1) is 0 Å². The maximum atomic E-state index is 11.9. The molecule has 124 valence electrons. The van der Waals surface area contributed by atoms with Gasteiger partial charge in [-0.3, -0.25) is 10.1 Å². The summed E-state index contributed by atoms with van der Waals surface area (Å²) in [5, 5.41) is 30.2. The molecule has 1 aliphatic rings. The van der Waals surface area contributed by atoms with Crippen LogP contribution >= 0.6 is 0 Å². The lowest BCUT2D eigenvalue weighted by molar-refractivity contribution is -0.384. The quantitative estimate of drug-likeness (QED) is 0.638. The number of allylic oxidation sites excluding steroid dienone is 2. The van der Waals surface area contributed by atoms with Gasteiger partial charge in [-0.25, -0.2) is 4.79 Å². The topological polar surface area (TPSA) is 139 Å². The Bertz CT molecular complexity index is 834. The minimum absolute atomic E-state index is 0.0994. The molecule has 2 rings (SSSR count). The molecule has 1 unspecified atom stereocenters. The summed E-state index contributed by atoms with van der Waals surface area (Å²) < 4.78 is 5.31. The molecule has 0 radical (unpaired) electrons. The summed E-state index contributed by atoms with van der Waals surface area (Å²) in [6.45, 7) is 3.19. The molecule has 1 aromatic rings. The van der Waals surface area contributed by atoms with Gasteiger partial charge in [0.1, 0.15) is 17.4 Å². The summed E-state index contributed by atoms with van der Waals surface area (Å²) in [6.07, 6.45) is 0.242. The molecule has 8 nitrogen and oxygen atoms in total. The maximum Gasteiger partial charge on any atom is 0.336 e. The predicted molar refractivity (Wildman–Crippen MR) is 83.3 cm³/mol. The Kier molecular flexibility index (Phi) is 4.28. The molecule has 8 heteroatoms. The van der Waals surface area contributed by atoms with Crippen LogP contribution in [0.3, 0.4) is 0 Å². The average molecular weight is 329 g/mol. The number of nitrogens with two attached hydrogens (primary N) is 1. The van der Waals surface area contributed by atoms with Gasteiger partial charge in [0.25, 0.3) is 5.69 Å². The van der Waals surface area contributed by atoms with Crippen molar-refractivity contribution >= 4 is 11.7 Å². The van der Waals surface area contributed by atoms with Crippen molar-refractivity contribution in [3.63, 3.8) is 0 Å². The Hall–Kier alpha value is -3.34. The number of nitro groups is 1. The Labute approximate surface area is 137 Å². The molecule has 0 aromatic heterocycles. The molecule has 0 saturated heterocycles. The SMILES string of the molecule is CCC1=C(C(=O)O)C(C)(c2cccc([N+](=O)[O-])c2)C(C#N)=C(N)O1. The molecule has 1 heterocycles. The summed E-state index contributed by atoms with van der Waals surface area (Å²) in [5.74, 6) is -1.36. The van der Waals surface area contributed by atoms with Gasteiger partial charge in [-0.05, 0) is 12.5 Å². The van der Waals surface area contributed by atoms with Crippen molar-refractivity contribution in [2.24, 2.45) is 5.73 Å². The van der Waals surface area contributed by atoms with Gasteiger partial charge in [0.2, 0.25) is 5.88 Å². The highest BCUT2D eigenvalue weighted by atomic mass is 16.6. The van der Waals surface area contributed by atoms with Crippen molar-refractivity contribution in [2.45, 2.75) is 25.7 Å². The number of rotatable bonds is 4. The van der Waals surface area contributed by atoms with E-state index in [1.54, 1.807) is 6.92 Å². The predicted octanol–water partition coefficient (Wildman–Crippen LogP) is 2.33. The molecular weight excluding hydrogens is 314 g/mol. The Morgan fingerprint density at radius 1 is 1.54 bits per heavy atom.